The summed E-state index contributed by atoms with van der Waals surface area (Å²) in [6, 6.07) is 3.18. The highest BCUT2D eigenvalue weighted by molar-refractivity contribution is 7.16. The molecule has 0 aliphatic rings. The van der Waals surface area contributed by atoms with Crippen LogP contribution in [-0.4, -0.2) is 16.1 Å². The maximum Gasteiger partial charge on any atom is 0.354 e. The van der Waals surface area contributed by atoms with Crippen LogP contribution in [0.15, 0.2) is 17.5 Å². The second-order valence-electron chi connectivity index (χ2n) is 2.43. The van der Waals surface area contributed by atoms with Crippen LogP contribution in [0.1, 0.15) is 10.5 Å². The average Bonchev–Trinajstić information content (AvgIpc) is 2.51. The molecule has 5 heteroatoms. The van der Waals surface area contributed by atoms with E-state index >= 15 is 0 Å². The quantitative estimate of drug-likeness (QED) is 0.792. The maximum atomic E-state index is 10.6. The molecule has 0 saturated carbocycles. The van der Waals surface area contributed by atoms with E-state index in [1.54, 1.807) is 0 Å². The van der Waals surface area contributed by atoms with Gasteiger partial charge in [0.15, 0.2) is 5.69 Å². The van der Waals surface area contributed by atoms with Crippen LogP contribution in [0.2, 0.25) is 5.02 Å². The number of hydrogen-bond acceptors (Lipinski definition) is 3. The number of fused-ring (bicyclic) bond motifs is 1. The smallest absolute Gasteiger partial charge is 0.354 e. The third-order valence-electron chi connectivity index (χ3n) is 1.61. The van der Waals surface area contributed by atoms with Crippen LogP contribution in [0.3, 0.4) is 0 Å². The van der Waals surface area contributed by atoms with Crippen LogP contribution in [-0.2, 0) is 0 Å². The molecule has 0 fully saturated rings. The molecule has 0 bridgehead atoms. The molecule has 1 N–H and O–H groups in total. The third kappa shape index (κ3) is 1.38. The Bertz CT molecular complexity index is 480. The Labute approximate surface area is 82.6 Å². The Hall–Kier alpha value is -1.13. The van der Waals surface area contributed by atoms with Crippen molar-refractivity contribution in [3.63, 3.8) is 0 Å². The van der Waals surface area contributed by atoms with Crippen LogP contribution < -0.4 is 0 Å². The lowest BCUT2D eigenvalue weighted by Gasteiger charge is -1.96. The van der Waals surface area contributed by atoms with E-state index in [9.17, 15) is 4.79 Å². The molecule has 2 aromatic heterocycles. The first-order valence-corrected chi connectivity index (χ1v) is 4.71. The molecule has 0 unspecified atom stereocenters. The number of aromatic nitrogens is 1. The molecule has 2 rings (SSSR count). The molecular weight excluding hydrogens is 210 g/mol. The molecule has 0 aliphatic heterocycles. The van der Waals surface area contributed by atoms with Gasteiger partial charge in [0.25, 0.3) is 0 Å². The summed E-state index contributed by atoms with van der Waals surface area (Å²) in [5.74, 6) is -1.06. The first-order valence-electron chi connectivity index (χ1n) is 3.45. The first-order chi connectivity index (χ1) is 6.18. The minimum absolute atomic E-state index is 0.0139. The molecule has 2 heterocycles. The van der Waals surface area contributed by atoms with Crippen molar-refractivity contribution in [3.05, 3.63) is 28.2 Å². The second-order valence-corrected chi connectivity index (χ2v) is 3.74. The van der Waals surface area contributed by atoms with Gasteiger partial charge in [-0.25, -0.2) is 9.78 Å². The van der Waals surface area contributed by atoms with E-state index in [1.807, 2.05) is 11.4 Å². The van der Waals surface area contributed by atoms with Crippen molar-refractivity contribution in [2.45, 2.75) is 0 Å². The molecule has 13 heavy (non-hydrogen) atoms. The van der Waals surface area contributed by atoms with Crippen LogP contribution in [0.25, 0.3) is 10.2 Å². The van der Waals surface area contributed by atoms with Crippen molar-refractivity contribution in [2.24, 2.45) is 0 Å². The Kier molecular flexibility index (Phi) is 1.94. The number of carboxylic acids is 1. The highest BCUT2D eigenvalue weighted by Crippen LogP contribution is 2.26. The van der Waals surface area contributed by atoms with Crippen molar-refractivity contribution in [1.29, 1.82) is 0 Å². The van der Waals surface area contributed by atoms with Crippen molar-refractivity contribution in [3.8, 4) is 0 Å². The van der Waals surface area contributed by atoms with Crippen LogP contribution >= 0.6 is 22.9 Å². The van der Waals surface area contributed by atoms with Gasteiger partial charge in [0, 0.05) is 5.39 Å². The summed E-state index contributed by atoms with van der Waals surface area (Å²) < 4.78 is 0. The summed E-state index contributed by atoms with van der Waals surface area (Å²) in [4.78, 5) is 15.2. The lowest BCUT2D eigenvalue weighted by molar-refractivity contribution is 0.0691. The van der Waals surface area contributed by atoms with Crippen molar-refractivity contribution >= 4 is 39.1 Å². The van der Waals surface area contributed by atoms with Gasteiger partial charge in [0.05, 0.1) is 5.02 Å². The molecule has 66 valence electrons. The highest BCUT2D eigenvalue weighted by Gasteiger charge is 2.09. The van der Waals surface area contributed by atoms with Gasteiger partial charge in [-0.05, 0) is 17.5 Å². The van der Waals surface area contributed by atoms with E-state index in [-0.39, 0.29) is 5.69 Å². The Morgan fingerprint density at radius 1 is 1.62 bits per heavy atom. The average molecular weight is 214 g/mol. The van der Waals surface area contributed by atoms with E-state index in [2.05, 4.69) is 4.98 Å². The lowest BCUT2D eigenvalue weighted by atomic mass is 10.3. The predicted molar refractivity (Wildman–Crippen MR) is 51.6 cm³/mol. The molecule has 0 aliphatic carbocycles. The number of carbonyl (C=O) groups is 1. The minimum atomic E-state index is -1.06. The summed E-state index contributed by atoms with van der Waals surface area (Å²) in [6.07, 6.45) is 0. The Morgan fingerprint density at radius 2 is 2.38 bits per heavy atom. The van der Waals surface area contributed by atoms with E-state index in [0.29, 0.717) is 9.85 Å². The zero-order valence-corrected chi connectivity index (χ0v) is 7.89. The molecule has 2 aromatic rings. The topological polar surface area (TPSA) is 50.2 Å². The molecular formula is C8H4ClNO2S. The lowest BCUT2D eigenvalue weighted by Crippen LogP contribution is -1.99. The molecule has 0 saturated heterocycles. The van der Waals surface area contributed by atoms with E-state index in [4.69, 9.17) is 16.7 Å². The molecule has 0 spiro atoms. The highest BCUT2D eigenvalue weighted by atomic mass is 35.5. The van der Waals surface area contributed by atoms with Crippen LogP contribution in [0.5, 0.6) is 0 Å². The Morgan fingerprint density at radius 3 is 3.08 bits per heavy atom. The van der Waals surface area contributed by atoms with Crippen LogP contribution in [0.4, 0.5) is 0 Å². The monoisotopic (exact) mass is 213 g/mol. The fourth-order valence-corrected chi connectivity index (χ4v) is 2.12. The summed E-state index contributed by atoms with van der Waals surface area (Å²) in [5, 5.41) is 11.8. The predicted octanol–water partition coefficient (Wildman–Crippen LogP) is 2.65. The largest absolute Gasteiger partial charge is 0.477 e. The van der Waals surface area contributed by atoms with Gasteiger partial charge in [-0.15, -0.1) is 11.3 Å². The second kappa shape index (κ2) is 2.97. The first kappa shape index (κ1) is 8.47. The molecule has 0 atom stereocenters. The SMILES string of the molecule is O=C(O)c1cc(Cl)c2ccsc2n1. The van der Waals surface area contributed by atoms with Gasteiger partial charge >= 0.3 is 5.97 Å². The van der Waals surface area contributed by atoms with Gasteiger partial charge in [-0.2, -0.15) is 0 Å². The number of rotatable bonds is 1. The maximum absolute atomic E-state index is 10.6. The normalized spacial score (nSPS) is 10.5. The van der Waals surface area contributed by atoms with Gasteiger partial charge < -0.3 is 5.11 Å². The molecule has 0 radical (unpaired) electrons. The number of pyridine rings is 1. The standard InChI is InChI=1S/C8H4ClNO2S/c9-5-3-6(8(11)12)10-7-4(5)1-2-13-7/h1-3H,(H,11,12). The summed E-state index contributed by atoms with van der Waals surface area (Å²) in [7, 11) is 0. The van der Waals surface area contributed by atoms with Crippen LogP contribution in [0, 0.1) is 0 Å². The van der Waals surface area contributed by atoms with Crippen molar-refractivity contribution in [1.82, 2.24) is 4.98 Å². The summed E-state index contributed by atoms with van der Waals surface area (Å²) in [5.41, 5.74) is -0.0139. The number of thiophene rings is 1. The fourth-order valence-electron chi connectivity index (χ4n) is 1.02. The minimum Gasteiger partial charge on any atom is -0.477 e. The zero-order chi connectivity index (χ0) is 9.42. The van der Waals surface area contributed by atoms with Gasteiger partial charge in [-0.3, -0.25) is 0 Å². The molecule has 0 aromatic carbocycles. The number of carboxylic acid groups (broad SMARTS) is 1. The molecule has 0 amide bonds. The van der Waals surface area contributed by atoms with E-state index in [1.165, 1.54) is 17.4 Å². The van der Waals surface area contributed by atoms with Gasteiger partial charge in [0.1, 0.15) is 4.83 Å². The summed E-state index contributed by atoms with van der Waals surface area (Å²) in [6.45, 7) is 0. The Balaban J connectivity index is 2.77. The summed E-state index contributed by atoms with van der Waals surface area (Å²) >= 11 is 7.23. The number of hydrogen-bond donors (Lipinski definition) is 1. The van der Waals surface area contributed by atoms with Crippen molar-refractivity contribution in [2.75, 3.05) is 0 Å². The van der Waals surface area contributed by atoms with Gasteiger partial charge in [-0.1, -0.05) is 11.6 Å². The van der Waals surface area contributed by atoms with Crippen molar-refractivity contribution < 1.29 is 9.90 Å². The van der Waals surface area contributed by atoms with E-state index in [0.717, 1.165) is 5.39 Å². The third-order valence-corrected chi connectivity index (χ3v) is 2.73. The number of halogens is 1. The number of aromatic carboxylic acids is 1. The fraction of sp³-hybridized carbons (Fsp3) is 0. The van der Waals surface area contributed by atoms with Gasteiger partial charge in [0.2, 0.25) is 0 Å². The van der Waals surface area contributed by atoms with E-state index < -0.39 is 5.97 Å². The zero-order valence-electron chi connectivity index (χ0n) is 6.32. The molecule has 3 nitrogen and oxygen atoms in total. The number of nitrogens with zero attached hydrogens (tertiary/aromatic N) is 1.